The Morgan fingerprint density at radius 1 is 1.11 bits per heavy atom. The van der Waals surface area contributed by atoms with Crippen molar-refractivity contribution in [3.63, 3.8) is 0 Å². The fourth-order valence-corrected chi connectivity index (χ4v) is 4.98. The Hall–Kier alpha value is -4.69. The second-order valence-corrected chi connectivity index (χ2v) is 9.19. The second kappa shape index (κ2) is 8.16. The summed E-state index contributed by atoms with van der Waals surface area (Å²) < 4.78 is 58.5. The molecule has 1 aliphatic rings. The Bertz CT molecular complexity index is 1690. The number of halogens is 4. The van der Waals surface area contributed by atoms with Crippen LogP contribution in [0.1, 0.15) is 41.6 Å². The number of nitrogens with zero attached hydrogens (tertiary/aromatic N) is 9. The van der Waals surface area contributed by atoms with Gasteiger partial charge in [0.1, 0.15) is 5.56 Å². The molecule has 5 aromatic rings. The van der Waals surface area contributed by atoms with Crippen LogP contribution < -0.4 is 5.32 Å². The van der Waals surface area contributed by atoms with Crippen LogP contribution in [0.5, 0.6) is 0 Å². The third-order valence-corrected chi connectivity index (χ3v) is 6.70. The van der Waals surface area contributed by atoms with Crippen molar-refractivity contribution in [2.24, 2.45) is 7.05 Å². The lowest BCUT2D eigenvalue weighted by atomic mass is 9.80. The molecule has 15 heteroatoms. The van der Waals surface area contributed by atoms with E-state index in [1.54, 1.807) is 24.1 Å². The number of aryl methyl sites for hydroxylation is 1. The van der Waals surface area contributed by atoms with Crippen molar-refractivity contribution in [3.05, 3.63) is 77.6 Å². The Balaban J connectivity index is 1.40. The molecular formula is C23H18F4N10O. The first-order valence-corrected chi connectivity index (χ1v) is 11.3. The van der Waals surface area contributed by atoms with Gasteiger partial charge in [0.25, 0.3) is 0 Å². The van der Waals surface area contributed by atoms with Gasteiger partial charge >= 0.3 is 6.18 Å². The topological polar surface area (TPSA) is 121 Å². The molecule has 0 spiro atoms. The molecule has 1 N–H and O–H groups in total. The molecule has 5 heterocycles. The molecule has 194 valence electrons. The van der Waals surface area contributed by atoms with Gasteiger partial charge in [-0.1, -0.05) is 0 Å². The molecule has 11 nitrogen and oxygen atoms in total. The fourth-order valence-electron chi connectivity index (χ4n) is 4.98. The first-order chi connectivity index (χ1) is 18.0. The van der Waals surface area contributed by atoms with E-state index in [0.29, 0.717) is 11.3 Å². The summed E-state index contributed by atoms with van der Waals surface area (Å²) in [4.78, 5) is 22.4. The lowest BCUT2D eigenvalue weighted by molar-refractivity contribution is -0.137. The van der Waals surface area contributed by atoms with Crippen molar-refractivity contribution in [2.45, 2.75) is 30.9 Å². The fraction of sp³-hybridized carbons (Fsp3) is 0.261. The molecule has 38 heavy (non-hydrogen) atoms. The van der Waals surface area contributed by atoms with E-state index in [9.17, 15) is 22.4 Å². The third kappa shape index (κ3) is 3.69. The van der Waals surface area contributed by atoms with E-state index >= 15 is 0 Å². The van der Waals surface area contributed by atoms with Crippen molar-refractivity contribution in [2.75, 3.05) is 5.32 Å². The first-order valence-electron chi connectivity index (χ1n) is 11.3. The molecular weight excluding hydrogens is 508 g/mol. The van der Waals surface area contributed by atoms with Crippen LogP contribution in [0.25, 0.3) is 11.5 Å². The minimum Gasteiger partial charge on any atom is -0.324 e. The summed E-state index contributed by atoms with van der Waals surface area (Å²) >= 11 is 0. The minimum atomic E-state index is -4.78. The zero-order valence-corrected chi connectivity index (χ0v) is 19.8. The average molecular weight is 526 g/mol. The number of nitrogens with one attached hydrogen (secondary N) is 1. The van der Waals surface area contributed by atoms with E-state index in [1.807, 2.05) is 6.92 Å². The van der Waals surface area contributed by atoms with Gasteiger partial charge in [-0.2, -0.15) is 32.9 Å². The highest BCUT2D eigenvalue weighted by atomic mass is 19.4. The van der Waals surface area contributed by atoms with Gasteiger partial charge in [-0.25, -0.2) is 14.5 Å². The number of hydrogen-bond donors (Lipinski definition) is 1. The highest BCUT2D eigenvalue weighted by Gasteiger charge is 2.48. The van der Waals surface area contributed by atoms with Gasteiger partial charge < -0.3 is 5.32 Å². The van der Waals surface area contributed by atoms with Crippen molar-refractivity contribution >= 4 is 17.2 Å². The maximum Gasteiger partial charge on any atom is 0.420 e. The lowest BCUT2D eigenvalue weighted by Crippen LogP contribution is -2.25. The quantitative estimate of drug-likeness (QED) is 0.358. The van der Waals surface area contributed by atoms with Crippen LogP contribution >= 0.6 is 0 Å². The maximum atomic E-state index is 14.1. The molecule has 0 unspecified atom stereocenters. The van der Waals surface area contributed by atoms with Crippen molar-refractivity contribution in [1.82, 2.24) is 44.4 Å². The molecule has 5 aromatic heterocycles. The Kier molecular flexibility index (Phi) is 5.09. The van der Waals surface area contributed by atoms with E-state index in [4.69, 9.17) is 0 Å². The van der Waals surface area contributed by atoms with E-state index in [2.05, 4.69) is 35.7 Å². The van der Waals surface area contributed by atoms with Crippen molar-refractivity contribution < 1.29 is 22.4 Å². The number of amides is 1. The molecule has 2 atom stereocenters. The minimum absolute atomic E-state index is 0.158. The molecule has 1 amide bonds. The number of aromatic nitrogens is 9. The zero-order chi connectivity index (χ0) is 26.8. The van der Waals surface area contributed by atoms with Crippen LogP contribution in [0.2, 0.25) is 0 Å². The number of alkyl halides is 3. The number of rotatable bonds is 4. The smallest absolute Gasteiger partial charge is 0.324 e. The summed E-state index contributed by atoms with van der Waals surface area (Å²) in [6.07, 6.45) is 3.91. The normalized spacial score (nSPS) is 19.2. The molecule has 1 aliphatic carbocycles. The molecule has 0 aliphatic heterocycles. The van der Waals surface area contributed by atoms with Gasteiger partial charge in [0, 0.05) is 42.0 Å². The maximum absolute atomic E-state index is 14.1. The zero-order valence-electron chi connectivity index (χ0n) is 19.8. The lowest BCUT2D eigenvalue weighted by Gasteiger charge is -2.24. The SMILES string of the molecule is Cn1cc([C@@]2(C)C[C@H](C(=O)Nc3cnc(-n4nccn4)c(C(F)(F)F)c3)c3cnc4cc(F)nn4c32)cn1. The van der Waals surface area contributed by atoms with Crippen LogP contribution in [0.3, 0.4) is 0 Å². The molecule has 0 saturated carbocycles. The second-order valence-electron chi connectivity index (χ2n) is 9.19. The third-order valence-electron chi connectivity index (χ3n) is 6.70. The summed E-state index contributed by atoms with van der Waals surface area (Å²) in [5.41, 5.74) is -0.0466. The van der Waals surface area contributed by atoms with Crippen molar-refractivity contribution in [3.8, 4) is 5.82 Å². The van der Waals surface area contributed by atoms with Gasteiger partial charge in [-0.3, -0.25) is 9.48 Å². The van der Waals surface area contributed by atoms with Gasteiger partial charge in [-0.05, 0) is 19.4 Å². The molecule has 6 rings (SSSR count). The number of pyridine rings is 1. The highest BCUT2D eigenvalue weighted by molar-refractivity contribution is 5.97. The molecule has 0 saturated heterocycles. The molecule has 0 aromatic carbocycles. The summed E-state index contributed by atoms with van der Waals surface area (Å²) in [5.74, 6) is -2.67. The molecule has 0 bridgehead atoms. The Labute approximate surface area is 211 Å². The van der Waals surface area contributed by atoms with Crippen LogP contribution in [-0.4, -0.2) is 50.3 Å². The predicted molar refractivity (Wildman–Crippen MR) is 123 cm³/mol. The van der Waals surface area contributed by atoms with Gasteiger partial charge in [-0.15, -0.1) is 9.90 Å². The number of carbonyl (C=O) groups excluding carboxylic acids is 1. The Morgan fingerprint density at radius 3 is 2.55 bits per heavy atom. The Morgan fingerprint density at radius 2 is 1.87 bits per heavy atom. The predicted octanol–water partition coefficient (Wildman–Crippen LogP) is 3.03. The molecule has 0 fully saturated rings. The summed E-state index contributed by atoms with van der Waals surface area (Å²) in [6, 6.07) is 1.96. The number of fused-ring (bicyclic) bond motifs is 3. The summed E-state index contributed by atoms with van der Waals surface area (Å²) in [5, 5.41) is 18.2. The van der Waals surface area contributed by atoms with Crippen molar-refractivity contribution in [1.29, 1.82) is 0 Å². The average Bonchev–Trinajstić information content (AvgIpc) is 3.64. The van der Waals surface area contributed by atoms with Crippen LogP contribution in [0.15, 0.2) is 49.3 Å². The summed E-state index contributed by atoms with van der Waals surface area (Å²) in [7, 11) is 1.75. The van der Waals surface area contributed by atoms with E-state index < -0.39 is 40.7 Å². The first kappa shape index (κ1) is 23.7. The monoisotopic (exact) mass is 526 g/mol. The van der Waals surface area contributed by atoms with Crippen LogP contribution in [0.4, 0.5) is 23.2 Å². The van der Waals surface area contributed by atoms with Gasteiger partial charge in [0.05, 0.1) is 42.1 Å². The van der Waals surface area contributed by atoms with Crippen LogP contribution in [-0.2, 0) is 23.4 Å². The van der Waals surface area contributed by atoms with Gasteiger partial charge in [0.2, 0.25) is 11.9 Å². The van der Waals surface area contributed by atoms with E-state index in [1.165, 1.54) is 29.2 Å². The number of anilines is 1. The summed E-state index contributed by atoms with van der Waals surface area (Å²) in [6.45, 7) is 1.88. The van der Waals surface area contributed by atoms with Crippen LogP contribution in [0, 0.1) is 5.95 Å². The van der Waals surface area contributed by atoms with Gasteiger partial charge in [0.15, 0.2) is 11.5 Å². The standard InChI is InChI=1S/C23H18F4N10O/c1-22(12-8-32-35(2)11-12)7-14(15-10-28-18-6-17(24)34-36(18)19(15)22)21(38)33-13-5-16(23(25,26)27)20(29-9-13)37-30-3-4-31-37/h3-6,8-11,14H,7H2,1-2H3,(H,33,38)/t14-,22+/m0/s1. The number of hydrogen-bond acceptors (Lipinski definition) is 7. The molecule has 0 radical (unpaired) electrons. The van der Waals surface area contributed by atoms with E-state index in [0.717, 1.165) is 22.6 Å². The number of carbonyl (C=O) groups is 1. The van der Waals surface area contributed by atoms with E-state index in [-0.39, 0.29) is 17.8 Å². The highest BCUT2D eigenvalue weighted by Crippen LogP contribution is 2.50. The largest absolute Gasteiger partial charge is 0.420 e.